The molecule has 0 aromatic carbocycles. The molecule has 1 aromatic heterocycles. The fourth-order valence-electron chi connectivity index (χ4n) is 1.25. The molecule has 0 bridgehead atoms. The Morgan fingerprint density at radius 1 is 1.38 bits per heavy atom. The number of hydrogen-bond acceptors (Lipinski definition) is 4. The summed E-state index contributed by atoms with van der Waals surface area (Å²) in [6, 6.07) is 0. The topological polar surface area (TPSA) is 63.1 Å². The molecule has 1 N–H and O–H groups in total. The van der Waals surface area contributed by atoms with Crippen LogP contribution in [0, 0.1) is 13.8 Å². The lowest BCUT2D eigenvalue weighted by molar-refractivity contribution is 0.0690. The lowest BCUT2D eigenvalue weighted by Gasteiger charge is -2.08. The van der Waals surface area contributed by atoms with Crippen molar-refractivity contribution >= 4 is 17.7 Å². The molecular weight excluding hydrogens is 224 g/mol. The Hall–Kier alpha value is -1.10. The van der Waals surface area contributed by atoms with E-state index >= 15 is 0 Å². The van der Waals surface area contributed by atoms with E-state index in [1.165, 1.54) is 11.8 Å². The normalized spacial score (nSPS) is 10.4. The van der Waals surface area contributed by atoms with Gasteiger partial charge < -0.3 is 5.11 Å². The van der Waals surface area contributed by atoms with Crippen molar-refractivity contribution in [1.29, 1.82) is 0 Å². The third-order valence-electron chi connectivity index (χ3n) is 2.37. The van der Waals surface area contributed by atoms with E-state index in [1.54, 1.807) is 13.8 Å². The molecule has 0 atom stereocenters. The number of unbranched alkanes of at least 4 members (excludes halogenated alkanes) is 1. The molecule has 0 radical (unpaired) electrons. The Morgan fingerprint density at radius 3 is 2.62 bits per heavy atom. The van der Waals surface area contributed by atoms with Gasteiger partial charge in [0.05, 0.1) is 11.3 Å². The first-order chi connectivity index (χ1) is 7.57. The van der Waals surface area contributed by atoms with Gasteiger partial charge in [0, 0.05) is 0 Å². The minimum absolute atomic E-state index is 0.300. The average molecular weight is 240 g/mol. The summed E-state index contributed by atoms with van der Waals surface area (Å²) in [4.78, 5) is 11.1. The zero-order chi connectivity index (χ0) is 12.1. The Labute approximate surface area is 99.5 Å². The molecular formula is C11H16N2O2S. The van der Waals surface area contributed by atoms with Crippen molar-refractivity contribution in [3.05, 3.63) is 16.8 Å². The van der Waals surface area contributed by atoms with Gasteiger partial charge in [-0.2, -0.15) is 5.10 Å². The molecule has 0 saturated carbocycles. The maximum Gasteiger partial charge on any atom is 0.338 e. The molecule has 16 heavy (non-hydrogen) atoms. The summed E-state index contributed by atoms with van der Waals surface area (Å²) in [5.74, 6) is -0.0389. The number of carboxylic acid groups (broad SMARTS) is 1. The Morgan fingerprint density at radius 2 is 2.06 bits per heavy atom. The summed E-state index contributed by atoms with van der Waals surface area (Å²) in [5, 5.41) is 17.6. The fraction of sp³-hybridized carbons (Fsp3) is 0.545. The van der Waals surface area contributed by atoms with Crippen molar-refractivity contribution in [1.82, 2.24) is 10.2 Å². The Kier molecular flexibility index (Phi) is 4.73. The van der Waals surface area contributed by atoms with Crippen molar-refractivity contribution in [2.75, 3.05) is 5.75 Å². The van der Waals surface area contributed by atoms with Crippen LogP contribution in [0.2, 0.25) is 0 Å². The van der Waals surface area contributed by atoms with Gasteiger partial charge in [-0.1, -0.05) is 13.3 Å². The molecule has 0 saturated heterocycles. The van der Waals surface area contributed by atoms with Crippen LogP contribution in [-0.4, -0.2) is 27.0 Å². The maximum absolute atomic E-state index is 11.1. The van der Waals surface area contributed by atoms with Crippen molar-refractivity contribution in [3.8, 4) is 0 Å². The molecule has 4 nitrogen and oxygen atoms in total. The smallest absolute Gasteiger partial charge is 0.338 e. The lowest BCUT2D eigenvalue weighted by Crippen LogP contribution is -2.08. The molecule has 0 amide bonds. The summed E-state index contributed by atoms with van der Waals surface area (Å²) in [5.41, 5.74) is 1.69. The van der Waals surface area contributed by atoms with E-state index in [0.717, 1.165) is 18.6 Å². The molecule has 0 aliphatic carbocycles. The van der Waals surface area contributed by atoms with E-state index < -0.39 is 5.97 Å². The number of carbonyl (C=O) groups is 1. The van der Waals surface area contributed by atoms with Gasteiger partial charge in [-0.25, -0.2) is 4.79 Å². The largest absolute Gasteiger partial charge is 0.478 e. The van der Waals surface area contributed by atoms with E-state index in [-0.39, 0.29) is 0 Å². The van der Waals surface area contributed by atoms with Crippen LogP contribution in [0.4, 0.5) is 0 Å². The highest BCUT2D eigenvalue weighted by Crippen LogP contribution is 2.24. The first kappa shape index (κ1) is 13.0. The average Bonchev–Trinajstić information content (AvgIpc) is 2.23. The van der Waals surface area contributed by atoms with Crippen molar-refractivity contribution in [2.24, 2.45) is 0 Å². The third kappa shape index (κ3) is 2.95. The van der Waals surface area contributed by atoms with Crippen molar-refractivity contribution in [2.45, 2.75) is 38.6 Å². The van der Waals surface area contributed by atoms with Crippen LogP contribution in [0.1, 0.15) is 41.4 Å². The Bertz CT molecular complexity index is 394. The van der Waals surface area contributed by atoms with E-state index in [1.807, 2.05) is 0 Å². The Balaban J connectivity index is 2.99. The van der Waals surface area contributed by atoms with Crippen LogP contribution >= 0.6 is 11.8 Å². The fourth-order valence-corrected chi connectivity index (χ4v) is 2.36. The number of carboxylic acids is 1. The second kappa shape index (κ2) is 5.84. The van der Waals surface area contributed by atoms with Crippen LogP contribution in [0.25, 0.3) is 0 Å². The van der Waals surface area contributed by atoms with Crippen molar-refractivity contribution < 1.29 is 9.90 Å². The monoisotopic (exact) mass is 240 g/mol. The number of rotatable bonds is 5. The van der Waals surface area contributed by atoms with Crippen LogP contribution in [-0.2, 0) is 0 Å². The number of hydrogen-bond donors (Lipinski definition) is 1. The van der Waals surface area contributed by atoms with Crippen LogP contribution < -0.4 is 0 Å². The highest BCUT2D eigenvalue weighted by molar-refractivity contribution is 7.99. The molecule has 0 unspecified atom stereocenters. The first-order valence-electron chi connectivity index (χ1n) is 5.27. The third-order valence-corrected chi connectivity index (χ3v) is 3.42. The lowest BCUT2D eigenvalue weighted by atomic mass is 10.1. The maximum atomic E-state index is 11.1. The van der Waals surface area contributed by atoms with Gasteiger partial charge in [0.2, 0.25) is 0 Å². The molecule has 1 aromatic rings. The second-order valence-electron chi connectivity index (χ2n) is 3.60. The standard InChI is InChI=1S/C11H16N2O2S/c1-4-5-6-16-10-9(11(14)15)7(2)8(3)12-13-10/h4-6H2,1-3H3,(H,14,15). The van der Waals surface area contributed by atoms with Gasteiger partial charge >= 0.3 is 5.97 Å². The molecule has 1 rings (SSSR count). The zero-order valence-electron chi connectivity index (χ0n) is 9.78. The predicted molar refractivity (Wildman–Crippen MR) is 64.1 cm³/mol. The van der Waals surface area contributed by atoms with Gasteiger partial charge in [0.15, 0.2) is 0 Å². The molecule has 0 aliphatic heterocycles. The molecule has 88 valence electrons. The SMILES string of the molecule is CCCCSc1nnc(C)c(C)c1C(=O)O. The highest BCUT2D eigenvalue weighted by Gasteiger charge is 2.17. The zero-order valence-corrected chi connectivity index (χ0v) is 10.6. The van der Waals surface area contributed by atoms with Crippen LogP contribution in [0.15, 0.2) is 5.03 Å². The minimum Gasteiger partial charge on any atom is -0.478 e. The molecule has 0 aliphatic rings. The first-order valence-corrected chi connectivity index (χ1v) is 6.26. The number of aryl methyl sites for hydroxylation is 1. The van der Waals surface area contributed by atoms with Crippen LogP contribution in [0.3, 0.4) is 0 Å². The summed E-state index contributed by atoms with van der Waals surface area (Å²) < 4.78 is 0. The summed E-state index contributed by atoms with van der Waals surface area (Å²) in [6.45, 7) is 5.65. The minimum atomic E-state index is -0.922. The van der Waals surface area contributed by atoms with Gasteiger partial charge in [-0.15, -0.1) is 16.9 Å². The highest BCUT2D eigenvalue weighted by atomic mass is 32.2. The quantitative estimate of drug-likeness (QED) is 0.633. The van der Waals surface area contributed by atoms with E-state index in [4.69, 9.17) is 5.11 Å². The molecule has 0 spiro atoms. The van der Waals surface area contributed by atoms with E-state index in [2.05, 4.69) is 17.1 Å². The molecule has 1 heterocycles. The predicted octanol–water partition coefficient (Wildman–Crippen LogP) is 2.68. The van der Waals surface area contributed by atoms with Gasteiger partial charge in [0.25, 0.3) is 0 Å². The summed E-state index contributed by atoms with van der Waals surface area (Å²) in [6.07, 6.45) is 2.14. The van der Waals surface area contributed by atoms with Crippen LogP contribution in [0.5, 0.6) is 0 Å². The number of aromatic nitrogens is 2. The van der Waals surface area contributed by atoms with Gasteiger partial charge in [-0.3, -0.25) is 0 Å². The molecule has 5 heteroatoms. The number of thioether (sulfide) groups is 1. The number of aromatic carboxylic acids is 1. The second-order valence-corrected chi connectivity index (χ2v) is 4.68. The van der Waals surface area contributed by atoms with Gasteiger partial charge in [0.1, 0.15) is 5.03 Å². The number of nitrogens with zero attached hydrogens (tertiary/aromatic N) is 2. The van der Waals surface area contributed by atoms with E-state index in [0.29, 0.717) is 21.8 Å². The molecule has 0 fully saturated rings. The summed E-state index contributed by atoms with van der Waals surface area (Å²) >= 11 is 1.47. The summed E-state index contributed by atoms with van der Waals surface area (Å²) in [7, 11) is 0. The van der Waals surface area contributed by atoms with Crippen molar-refractivity contribution in [3.63, 3.8) is 0 Å². The van der Waals surface area contributed by atoms with E-state index in [9.17, 15) is 4.79 Å². The van der Waals surface area contributed by atoms with Gasteiger partial charge in [-0.05, 0) is 31.6 Å².